The zero-order valence-electron chi connectivity index (χ0n) is 16.9. The van der Waals surface area contributed by atoms with Crippen molar-refractivity contribution in [2.24, 2.45) is 0 Å². The summed E-state index contributed by atoms with van der Waals surface area (Å²) in [6.45, 7) is 7.69. The molecule has 3 aliphatic rings. The third-order valence-electron chi connectivity index (χ3n) is 6.22. The molecule has 0 aliphatic carbocycles. The Bertz CT molecular complexity index is 672. The Labute approximate surface area is 167 Å². The van der Waals surface area contributed by atoms with Gasteiger partial charge in [0.25, 0.3) is 0 Å². The van der Waals surface area contributed by atoms with Gasteiger partial charge < -0.3 is 24.0 Å². The molecule has 6 heteroatoms. The van der Waals surface area contributed by atoms with Crippen molar-refractivity contribution in [3.8, 4) is 11.5 Å². The summed E-state index contributed by atoms with van der Waals surface area (Å²) in [6.07, 6.45) is 5.24. The molecule has 1 unspecified atom stereocenters. The molecule has 3 heterocycles. The van der Waals surface area contributed by atoms with Gasteiger partial charge in [-0.25, -0.2) is 0 Å². The van der Waals surface area contributed by atoms with Crippen LogP contribution in [0.5, 0.6) is 11.5 Å². The zero-order valence-corrected chi connectivity index (χ0v) is 16.9. The number of unbranched alkanes of at least 4 members (excludes halogenated alkanes) is 1. The van der Waals surface area contributed by atoms with Crippen LogP contribution in [0.15, 0.2) is 24.3 Å². The van der Waals surface area contributed by atoms with Gasteiger partial charge in [-0.1, -0.05) is 25.5 Å². The van der Waals surface area contributed by atoms with Gasteiger partial charge in [-0.15, -0.1) is 0 Å². The number of carbonyl (C=O) groups excluding carboxylic acids is 1. The molecule has 1 aromatic rings. The minimum absolute atomic E-state index is 0.110. The molecule has 0 N–H and O–H groups in total. The van der Waals surface area contributed by atoms with Gasteiger partial charge in [-0.05, 0) is 31.4 Å². The van der Waals surface area contributed by atoms with Gasteiger partial charge in [0.15, 0.2) is 11.5 Å². The minimum atomic E-state index is -0.137. The van der Waals surface area contributed by atoms with Crippen LogP contribution < -0.4 is 9.47 Å². The van der Waals surface area contributed by atoms with Crippen molar-refractivity contribution in [1.82, 2.24) is 9.80 Å². The van der Waals surface area contributed by atoms with Gasteiger partial charge in [-0.3, -0.25) is 4.79 Å². The molecule has 3 aliphatic heterocycles. The molecule has 2 fully saturated rings. The summed E-state index contributed by atoms with van der Waals surface area (Å²) < 4.78 is 17.9. The first-order valence-corrected chi connectivity index (χ1v) is 10.7. The maximum atomic E-state index is 12.1. The first-order chi connectivity index (χ1) is 13.7. The van der Waals surface area contributed by atoms with E-state index < -0.39 is 0 Å². The molecule has 0 saturated carbocycles. The second kappa shape index (κ2) is 8.70. The molecule has 1 atom stereocenters. The predicted molar refractivity (Wildman–Crippen MR) is 107 cm³/mol. The smallest absolute Gasteiger partial charge is 0.248 e. The lowest BCUT2D eigenvalue weighted by Gasteiger charge is -2.47. The first kappa shape index (κ1) is 19.5. The second-order valence-corrected chi connectivity index (χ2v) is 8.27. The molecule has 154 valence electrons. The van der Waals surface area contributed by atoms with Crippen molar-refractivity contribution < 1.29 is 19.0 Å². The summed E-state index contributed by atoms with van der Waals surface area (Å²) in [5.74, 6) is 1.84. The topological polar surface area (TPSA) is 51.2 Å². The van der Waals surface area contributed by atoms with Crippen LogP contribution in [0.2, 0.25) is 0 Å². The minimum Gasteiger partial charge on any atom is -0.486 e. The van der Waals surface area contributed by atoms with Crippen LogP contribution in [0.25, 0.3) is 0 Å². The standard InChI is InChI=1S/C22H32N2O4/c1-2-3-11-24-17-22(27-16-21(24)25)9-13-23(14-10-22)12-8-18-15-26-19-6-4-5-7-20(19)28-18/h4-7,18H,2-3,8-17H2,1H3. The zero-order chi connectivity index (χ0) is 19.4. The van der Waals surface area contributed by atoms with E-state index in [4.69, 9.17) is 14.2 Å². The lowest BCUT2D eigenvalue weighted by molar-refractivity contribution is -0.171. The number of likely N-dealkylation sites (tertiary alicyclic amines) is 1. The molecular weight excluding hydrogens is 356 g/mol. The lowest BCUT2D eigenvalue weighted by Crippen LogP contribution is -2.59. The molecule has 0 aromatic heterocycles. The van der Waals surface area contributed by atoms with Crippen LogP contribution in [0, 0.1) is 0 Å². The monoisotopic (exact) mass is 388 g/mol. The summed E-state index contributed by atoms with van der Waals surface area (Å²) in [4.78, 5) is 16.6. The Kier molecular flexibility index (Phi) is 6.07. The summed E-state index contributed by atoms with van der Waals surface area (Å²) in [5, 5.41) is 0. The predicted octanol–water partition coefficient (Wildman–Crippen LogP) is 2.71. The molecular formula is C22H32N2O4. The fourth-order valence-electron chi connectivity index (χ4n) is 4.36. The molecule has 28 heavy (non-hydrogen) atoms. The first-order valence-electron chi connectivity index (χ1n) is 10.7. The number of nitrogens with zero attached hydrogens (tertiary/aromatic N) is 2. The molecule has 1 spiro atoms. The van der Waals surface area contributed by atoms with Crippen LogP contribution in [0.1, 0.15) is 39.0 Å². The number of amides is 1. The molecule has 0 bridgehead atoms. The third-order valence-corrected chi connectivity index (χ3v) is 6.22. The fraction of sp³-hybridized carbons (Fsp3) is 0.682. The Morgan fingerprint density at radius 2 is 1.93 bits per heavy atom. The van der Waals surface area contributed by atoms with E-state index in [1.54, 1.807) is 0 Å². The van der Waals surface area contributed by atoms with E-state index in [0.717, 1.165) is 76.3 Å². The van der Waals surface area contributed by atoms with Crippen LogP contribution in [-0.2, 0) is 9.53 Å². The van der Waals surface area contributed by atoms with Crippen LogP contribution in [0.3, 0.4) is 0 Å². The maximum absolute atomic E-state index is 12.1. The van der Waals surface area contributed by atoms with Crippen molar-refractivity contribution in [3.63, 3.8) is 0 Å². The number of benzene rings is 1. The highest BCUT2D eigenvalue weighted by molar-refractivity contribution is 5.78. The van der Waals surface area contributed by atoms with Crippen molar-refractivity contribution in [3.05, 3.63) is 24.3 Å². The Hall–Kier alpha value is -1.79. The molecule has 6 nitrogen and oxygen atoms in total. The summed E-state index contributed by atoms with van der Waals surface area (Å²) in [5.41, 5.74) is -0.137. The summed E-state index contributed by atoms with van der Waals surface area (Å²) in [6, 6.07) is 7.87. The Morgan fingerprint density at radius 1 is 1.14 bits per heavy atom. The lowest BCUT2D eigenvalue weighted by atomic mass is 9.89. The average molecular weight is 389 g/mol. The second-order valence-electron chi connectivity index (χ2n) is 8.27. The van der Waals surface area contributed by atoms with E-state index >= 15 is 0 Å². The quantitative estimate of drug-likeness (QED) is 0.750. The van der Waals surface area contributed by atoms with E-state index in [-0.39, 0.29) is 24.2 Å². The normalized spacial score (nSPS) is 24.5. The highest BCUT2D eigenvalue weighted by Crippen LogP contribution is 2.33. The summed E-state index contributed by atoms with van der Waals surface area (Å²) >= 11 is 0. The highest BCUT2D eigenvalue weighted by Gasteiger charge is 2.42. The van der Waals surface area contributed by atoms with Gasteiger partial charge in [-0.2, -0.15) is 0 Å². The van der Waals surface area contributed by atoms with E-state index in [0.29, 0.717) is 6.61 Å². The summed E-state index contributed by atoms with van der Waals surface area (Å²) in [7, 11) is 0. The number of rotatable bonds is 6. The van der Waals surface area contributed by atoms with Crippen LogP contribution in [0.4, 0.5) is 0 Å². The molecule has 4 rings (SSSR count). The number of hydrogen-bond donors (Lipinski definition) is 0. The number of piperidine rings is 1. The third kappa shape index (κ3) is 4.44. The van der Waals surface area contributed by atoms with Gasteiger partial charge in [0, 0.05) is 39.1 Å². The largest absolute Gasteiger partial charge is 0.486 e. The van der Waals surface area contributed by atoms with Crippen molar-refractivity contribution in [1.29, 1.82) is 0 Å². The van der Waals surface area contributed by atoms with Gasteiger partial charge in [0.05, 0.1) is 5.60 Å². The fourth-order valence-corrected chi connectivity index (χ4v) is 4.36. The Morgan fingerprint density at radius 3 is 2.71 bits per heavy atom. The molecule has 2 saturated heterocycles. The number of carbonyl (C=O) groups is 1. The van der Waals surface area contributed by atoms with Crippen molar-refractivity contribution in [2.75, 3.05) is 45.9 Å². The van der Waals surface area contributed by atoms with Gasteiger partial charge in [0.1, 0.15) is 19.3 Å². The van der Waals surface area contributed by atoms with Crippen LogP contribution in [-0.4, -0.2) is 73.3 Å². The molecule has 0 radical (unpaired) electrons. The van der Waals surface area contributed by atoms with Gasteiger partial charge in [0.2, 0.25) is 5.91 Å². The van der Waals surface area contributed by atoms with Crippen LogP contribution >= 0.6 is 0 Å². The molecule has 1 amide bonds. The maximum Gasteiger partial charge on any atom is 0.248 e. The van der Waals surface area contributed by atoms with E-state index in [1.165, 1.54) is 0 Å². The van der Waals surface area contributed by atoms with Crippen molar-refractivity contribution in [2.45, 2.75) is 50.7 Å². The molecule has 1 aromatic carbocycles. The van der Waals surface area contributed by atoms with E-state index in [9.17, 15) is 4.79 Å². The number of hydrogen-bond acceptors (Lipinski definition) is 5. The number of fused-ring (bicyclic) bond motifs is 1. The van der Waals surface area contributed by atoms with Crippen molar-refractivity contribution >= 4 is 5.91 Å². The van der Waals surface area contributed by atoms with E-state index in [2.05, 4.69) is 11.8 Å². The number of ether oxygens (including phenoxy) is 3. The van der Waals surface area contributed by atoms with Gasteiger partial charge >= 0.3 is 0 Å². The average Bonchev–Trinajstić information content (AvgIpc) is 2.74. The Balaban J connectivity index is 1.23. The number of morpholine rings is 1. The SMILES string of the molecule is CCCCN1CC2(CCN(CCC3COc4ccccc4O3)CC2)OCC1=O. The highest BCUT2D eigenvalue weighted by atomic mass is 16.6. The van der Waals surface area contributed by atoms with E-state index in [1.807, 2.05) is 29.2 Å². The number of para-hydroxylation sites is 2.